The quantitative estimate of drug-likeness (QED) is 0.665. The van der Waals surface area contributed by atoms with Crippen LogP contribution in [-0.2, 0) is 21.0 Å². The molecule has 2 atom stereocenters. The summed E-state index contributed by atoms with van der Waals surface area (Å²) in [6.45, 7) is 4.60. The van der Waals surface area contributed by atoms with Crippen molar-refractivity contribution in [1.29, 1.82) is 0 Å². The van der Waals surface area contributed by atoms with Gasteiger partial charge < -0.3 is 19.7 Å². The SMILES string of the molecule is CCNC(=O)Oc1ccc2c(c1)C1CN(C(=O)N1OCc1ccccc1)C2C(=O)OCC. The summed E-state index contributed by atoms with van der Waals surface area (Å²) in [5, 5.41) is 3.87. The highest BCUT2D eigenvalue weighted by Crippen LogP contribution is 2.45. The number of amides is 3. The Kier molecular flexibility index (Phi) is 6.27. The zero-order valence-corrected chi connectivity index (χ0v) is 17.9. The smallest absolute Gasteiger partial charge is 0.412 e. The molecule has 3 amide bonds. The number of hydroxylamine groups is 2. The van der Waals surface area contributed by atoms with Crippen LogP contribution in [0.2, 0.25) is 0 Å². The van der Waals surface area contributed by atoms with Crippen LogP contribution < -0.4 is 10.1 Å². The van der Waals surface area contributed by atoms with E-state index in [1.54, 1.807) is 32.0 Å². The molecule has 1 fully saturated rings. The van der Waals surface area contributed by atoms with Crippen molar-refractivity contribution in [3.63, 3.8) is 0 Å². The molecule has 0 saturated carbocycles. The van der Waals surface area contributed by atoms with Gasteiger partial charge >= 0.3 is 18.1 Å². The number of hydrogen-bond acceptors (Lipinski definition) is 6. The van der Waals surface area contributed by atoms with E-state index in [0.29, 0.717) is 23.4 Å². The van der Waals surface area contributed by atoms with Gasteiger partial charge in [0.2, 0.25) is 0 Å². The maximum absolute atomic E-state index is 13.2. The van der Waals surface area contributed by atoms with Crippen LogP contribution >= 0.6 is 0 Å². The van der Waals surface area contributed by atoms with Crippen LogP contribution in [0.5, 0.6) is 5.75 Å². The highest BCUT2D eigenvalue weighted by Gasteiger charge is 2.51. The molecule has 1 saturated heterocycles. The van der Waals surface area contributed by atoms with E-state index < -0.39 is 30.2 Å². The lowest BCUT2D eigenvalue weighted by Gasteiger charge is -2.31. The van der Waals surface area contributed by atoms with Crippen LogP contribution in [0.4, 0.5) is 9.59 Å². The third-order valence-corrected chi connectivity index (χ3v) is 5.37. The van der Waals surface area contributed by atoms with Crippen molar-refractivity contribution in [2.45, 2.75) is 32.5 Å². The largest absolute Gasteiger partial charge is 0.464 e. The maximum Gasteiger partial charge on any atom is 0.412 e. The fourth-order valence-corrected chi connectivity index (χ4v) is 3.99. The van der Waals surface area contributed by atoms with Crippen molar-refractivity contribution in [1.82, 2.24) is 15.3 Å². The van der Waals surface area contributed by atoms with Crippen molar-refractivity contribution >= 4 is 18.1 Å². The number of carbonyl (C=O) groups is 3. The van der Waals surface area contributed by atoms with E-state index in [9.17, 15) is 14.4 Å². The minimum atomic E-state index is -0.891. The van der Waals surface area contributed by atoms with Gasteiger partial charge in [0.25, 0.3) is 0 Å². The predicted molar refractivity (Wildman–Crippen MR) is 113 cm³/mol. The Morgan fingerprint density at radius 1 is 1.09 bits per heavy atom. The molecule has 2 bridgehead atoms. The van der Waals surface area contributed by atoms with E-state index in [0.717, 1.165) is 5.56 Å². The lowest BCUT2D eigenvalue weighted by atomic mass is 9.91. The van der Waals surface area contributed by atoms with Gasteiger partial charge in [0.1, 0.15) is 18.4 Å². The number of benzene rings is 2. The topological polar surface area (TPSA) is 97.4 Å². The summed E-state index contributed by atoms with van der Waals surface area (Å²) in [6, 6.07) is 12.7. The number of ether oxygens (including phenoxy) is 2. The minimum Gasteiger partial charge on any atom is -0.464 e. The molecule has 32 heavy (non-hydrogen) atoms. The molecule has 0 aromatic heterocycles. The standard InChI is InChI=1S/C23H25N3O6/c1-3-24-22(28)32-16-10-11-17-18(12-16)19-13-25(20(17)21(27)30-4-2)23(29)26(19)31-14-15-8-6-5-7-9-15/h5-12,19-20H,3-4,13-14H2,1-2H3,(H,24,28). The molecule has 168 valence electrons. The monoisotopic (exact) mass is 439 g/mol. The van der Waals surface area contributed by atoms with Gasteiger partial charge in [-0.05, 0) is 42.7 Å². The first-order valence-electron chi connectivity index (χ1n) is 10.6. The Morgan fingerprint density at radius 2 is 1.88 bits per heavy atom. The summed E-state index contributed by atoms with van der Waals surface area (Å²) in [4.78, 5) is 45.1. The summed E-state index contributed by atoms with van der Waals surface area (Å²) < 4.78 is 10.6. The third-order valence-electron chi connectivity index (χ3n) is 5.37. The second-order valence-electron chi connectivity index (χ2n) is 7.40. The molecule has 2 aromatic rings. The first kappa shape index (κ1) is 21.6. The molecule has 2 aliphatic heterocycles. The third kappa shape index (κ3) is 4.11. The fraction of sp³-hybridized carbons (Fsp3) is 0.348. The van der Waals surface area contributed by atoms with Crippen LogP contribution in [0.25, 0.3) is 0 Å². The number of rotatable bonds is 7. The van der Waals surface area contributed by atoms with Crippen molar-refractivity contribution in [2.75, 3.05) is 19.7 Å². The van der Waals surface area contributed by atoms with Gasteiger partial charge in [0.15, 0.2) is 6.04 Å². The van der Waals surface area contributed by atoms with E-state index in [-0.39, 0.29) is 19.8 Å². The molecule has 2 aliphatic rings. The van der Waals surface area contributed by atoms with Crippen molar-refractivity contribution in [3.8, 4) is 5.75 Å². The molecule has 2 aromatic carbocycles. The van der Waals surface area contributed by atoms with Crippen LogP contribution in [0.15, 0.2) is 48.5 Å². The first-order chi connectivity index (χ1) is 15.5. The summed E-state index contributed by atoms with van der Waals surface area (Å²) in [5.41, 5.74) is 2.22. The lowest BCUT2D eigenvalue weighted by molar-refractivity contribution is -0.149. The van der Waals surface area contributed by atoms with E-state index in [1.807, 2.05) is 30.3 Å². The molecule has 2 heterocycles. The van der Waals surface area contributed by atoms with Gasteiger partial charge in [0.05, 0.1) is 13.2 Å². The average molecular weight is 439 g/mol. The average Bonchev–Trinajstić information content (AvgIpc) is 3.06. The van der Waals surface area contributed by atoms with Crippen molar-refractivity contribution in [2.24, 2.45) is 0 Å². The molecule has 1 N–H and O–H groups in total. The molecule has 0 spiro atoms. The highest BCUT2D eigenvalue weighted by atomic mass is 16.7. The van der Waals surface area contributed by atoms with E-state index in [1.165, 1.54) is 9.96 Å². The predicted octanol–water partition coefficient (Wildman–Crippen LogP) is 3.32. The number of carbonyl (C=O) groups excluding carboxylic acids is 3. The Hall–Kier alpha value is -3.59. The minimum absolute atomic E-state index is 0.197. The Labute approximate surface area is 185 Å². The number of nitrogens with zero attached hydrogens (tertiary/aromatic N) is 2. The number of esters is 1. The van der Waals surface area contributed by atoms with Crippen molar-refractivity contribution in [3.05, 3.63) is 65.2 Å². The van der Waals surface area contributed by atoms with Crippen LogP contribution in [-0.4, -0.2) is 47.8 Å². The lowest BCUT2D eigenvalue weighted by Crippen LogP contribution is -2.39. The zero-order valence-electron chi connectivity index (χ0n) is 17.9. The van der Waals surface area contributed by atoms with E-state index in [4.69, 9.17) is 14.3 Å². The van der Waals surface area contributed by atoms with Gasteiger partial charge in [-0.15, -0.1) is 0 Å². The first-order valence-corrected chi connectivity index (χ1v) is 10.6. The van der Waals surface area contributed by atoms with Crippen molar-refractivity contribution < 1.29 is 28.7 Å². The number of hydrogen-bond donors (Lipinski definition) is 1. The van der Waals surface area contributed by atoms with E-state index >= 15 is 0 Å². The van der Waals surface area contributed by atoms with Gasteiger partial charge in [-0.2, -0.15) is 5.06 Å². The summed E-state index contributed by atoms with van der Waals surface area (Å²) >= 11 is 0. The molecule has 2 unspecified atom stereocenters. The second kappa shape index (κ2) is 9.27. The van der Waals surface area contributed by atoms with Crippen LogP contribution in [0, 0.1) is 0 Å². The zero-order chi connectivity index (χ0) is 22.7. The van der Waals surface area contributed by atoms with Crippen LogP contribution in [0.3, 0.4) is 0 Å². The molecule has 0 aliphatic carbocycles. The maximum atomic E-state index is 13.2. The summed E-state index contributed by atoms with van der Waals surface area (Å²) in [5.74, 6) is -0.198. The summed E-state index contributed by atoms with van der Waals surface area (Å²) in [6.07, 6.45) is -0.577. The second-order valence-corrected chi connectivity index (χ2v) is 7.40. The van der Waals surface area contributed by atoms with Crippen LogP contribution in [0.1, 0.15) is 42.6 Å². The summed E-state index contributed by atoms with van der Waals surface area (Å²) in [7, 11) is 0. The number of fused-ring (bicyclic) bond motifs is 4. The number of nitrogens with one attached hydrogen (secondary N) is 1. The van der Waals surface area contributed by atoms with Gasteiger partial charge in [-0.1, -0.05) is 36.4 Å². The fourth-order valence-electron chi connectivity index (χ4n) is 3.99. The molecular weight excluding hydrogens is 414 g/mol. The Morgan fingerprint density at radius 3 is 2.59 bits per heavy atom. The molecular formula is C23H25N3O6. The number of urea groups is 1. The van der Waals surface area contributed by atoms with Gasteiger partial charge in [0, 0.05) is 6.54 Å². The Bertz CT molecular complexity index is 1010. The van der Waals surface area contributed by atoms with Gasteiger partial charge in [-0.25, -0.2) is 14.4 Å². The Balaban J connectivity index is 1.66. The van der Waals surface area contributed by atoms with E-state index in [2.05, 4.69) is 5.32 Å². The normalized spacial score (nSPS) is 18.9. The van der Waals surface area contributed by atoms with Gasteiger partial charge in [-0.3, -0.25) is 4.84 Å². The molecule has 4 rings (SSSR count). The molecule has 9 nitrogen and oxygen atoms in total. The highest BCUT2D eigenvalue weighted by molar-refractivity contribution is 5.88. The molecule has 0 radical (unpaired) electrons. The molecule has 9 heteroatoms.